The number of nitrogens with zero attached hydrogens (tertiary/aromatic N) is 2. The van der Waals surface area contributed by atoms with E-state index in [9.17, 15) is 4.79 Å². The van der Waals surface area contributed by atoms with Crippen molar-refractivity contribution in [1.29, 1.82) is 0 Å². The molecule has 30 heavy (non-hydrogen) atoms. The lowest BCUT2D eigenvalue weighted by atomic mass is 10.1. The lowest BCUT2D eigenvalue weighted by Crippen LogP contribution is -2.14. The monoisotopic (exact) mass is 459 g/mol. The average molecular weight is 460 g/mol. The van der Waals surface area contributed by atoms with E-state index in [1.54, 1.807) is 18.2 Å². The van der Waals surface area contributed by atoms with Crippen molar-refractivity contribution in [2.24, 2.45) is 0 Å². The van der Waals surface area contributed by atoms with E-state index >= 15 is 0 Å². The first-order chi connectivity index (χ1) is 14.6. The number of carbonyl (C=O) groups excluding carboxylic acids is 1. The summed E-state index contributed by atoms with van der Waals surface area (Å²) in [6.45, 7) is 0.135. The van der Waals surface area contributed by atoms with Gasteiger partial charge in [0.05, 0.1) is 16.5 Å². The Morgan fingerprint density at radius 1 is 1.03 bits per heavy atom. The van der Waals surface area contributed by atoms with Crippen LogP contribution in [0.25, 0.3) is 10.8 Å². The molecule has 1 aromatic heterocycles. The van der Waals surface area contributed by atoms with Gasteiger partial charge in [0, 0.05) is 5.02 Å². The third-order valence-electron chi connectivity index (χ3n) is 4.06. The van der Waals surface area contributed by atoms with Crippen molar-refractivity contribution in [3.8, 4) is 5.75 Å². The van der Waals surface area contributed by atoms with Crippen molar-refractivity contribution in [2.75, 3.05) is 11.1 Å². The number of benzene rings is 3. The number of anilines is 1. The fourth-order valence-electron chi connectivity index (χ4n) is 2.66. The quantitative estimate of drug-likeness (QED) is 0.349. The van der Waals surface area contributed by atoms with Gasteiger partial charge in [-0.05, 0) is 41.1 Å². The zero-order valence-corrected chi connectivity index (χ0v) is 17.8. The van der Waals surface area contributed by atoms with Gasteiger partial charge in [0.25, 0.3) is 11.1 Å². The number of amides is 1. The van der Waals surface area contributed by atoms with E-state index in [2.05, 4.69) is 15.5 Å². The fourth-order valence-corrected chi connectivity index (χ4v) is 3.58. The Labute approximate surface area is 186 Å². The van der Waals surface area contributed by atoms with Crippen LogP contribution in [0.15, 0.2) is 70.3 Å². The zero-order valence-electron chi connectivity index (χ0n) is 15.5. The summed E-state index contributed by atoms with van der Waals surface area (Å²) in [6.07, 6.45) is 0. The fraction of sp³-hybridized carbons (Fsp3) is 0.0952. The number of fused-ring (bicyclic) bond motifs is 1. The molecule has 0 aliphatic heterocycles. The molecule has 4 aromatic rings. The van der Waals surface area contributed by atoms with Crippen LogP contribution < -0.4 is 10.1 Å². The maximum Gasteiger partial charge on any atom is 0.277 e. The molecule has 1 N–H and O–H groups in total. The third kappa shape index (κ3) is 5.24. The van der Waals surface area contributed by atoms with Crippen LogP contribution in [0.3, 0.4) is 0 Å². The van der Waals surface area contributed by atoms with Crippen LogP contribution in [-0.2, 0) is 11.4 Å². The van der Waals surface area contributed by atoms with Gasteiger partial charge in [-0.1, -0.05) is 65.3 Å². The van der Waals surface area contributed by atoms with Crippen molar-refractivity contribution in [2.45, 2.75) is 11.8 Å². The topological polar surface area (TPSA) is 77.2 Å². The molecule has 0 spiro atoms. The van der Waals surface area contributed by atoms with Gasteiger partial charge < -0.3 is 14.5 Å². The van der Waals surface area contributed by atoms with Gasteiger partial charge >= 0.3 is 0 Å². The highest BCUT2D eigenvalue weighted by molar-refractivity contribution is 7.99. The van der Waals surface area contributed by atoms with E-state index < -0.39 is 0 Å². The molecule has 0 aliphatic rings. The average Bonchev–Trinajstić information content (AvgIpc) is 3.21. The molecule has 0 unspecified atom stereocenters. The zero-order chi connectivity index (χ0) is 20.9. The van der Waals surface area contributed by atoms with Crippen molar-refractivity contribution in [3.63, 3.8) is 0 Å². The minimum atomic E-state index is -0.267. The predicted octanol–water partition coefficient (Wildman–Crippen LogP) is 5.84. The normalized spacial score (nSPS) is 10.9. The van der Waals surface area contributed by atoms with Crippen molar-refractivity contribution in [3.05, 3.63) is 76.6 Å². The molecule has 3 aromatic carbocycles. The highest BCUT2D eigenvalue weighted by Gasteiger charge is 2.12. The Bertz CT molecular complexity index is 1200. The Morgan fingerprint density at radius 3 is 2.73 bits per heavy atom. The Kier molecular flexibility index (Phi) is 6.42. The molecule has 9 heteroatoms. The van der Waals surface area contributed by atoms with Gasteiger partial charge in [-0.3, -0.25) is 4.79 Å². The number of carbonyl (C=O) groups is 1. The van der Waals surface area contributed by atoms with E-state index in [4.69, 9.17) is 32.4 Å². The Morgan fingerprint density at radius 2 is 1.87 bits per heavy atom. The van der Waals surface area contributed by atoms with Gasteiger partial charge in [0.15, 0.2) is 6.61 Å². The van der Waals surface area contributed by atoms with E-state index in [1.807, 2.05) is 42.5 Å². The number of hydrogen-bond donors (Lipinski definition) is 1. The van der Waals surface area contributed by atoms with Gasteiger partial charge in [-0.25, -0.2) is 0 Å². The molecule has 1 amide bonds. The number of ether oxygens (including phenoxy) is 1. The minimum Gasteiger partial charge on any atom is -0.484 e. The standard InChI is InChI=1S/C21H15Cl2N3O3S/c22-15-6-8-17(23)18(10-15)24-19(27)12-30-21-26-25-20(29-21)11-28-16-7-5-13-3-1-2-4-14(13)9-16/h1-10H,11-12H2,(H,24,27). The first-order valence-corrected chi connectivity index (χ1v) is 10.6. The van der Waals surface area contributed by atoms with Gasteiger partial charge in [-0.15, -0.1) is 10.2 Å². The van der Waals surface area contributed by atoms with Crippen molar-refractivity contribution < 1.29 is 13.9 Å². The molecule has 152 valence electrons. The largest absolute Gasteiger partial charge is 0.484 e. The molecular formula is C21H15Cl2N3O3S. The minimum absolute atomic E-state index is 0.0794. The molecule has 0 atom stereocenters. The first-order valence-electron chi connectivity index (χ1n) is 8.88. The van der Waals surface area contributed by atoms with Crippen LogP contribution in [-0.4, -0.2) is 21.9 Å². The molecule has 0 saturated carbocycles. The molecule has 0 radical (unpaired) electrons. The highest BCUT2D eigenvalue weighted by Crippen LogP contribution is 2.26. The summed E-state index contributed by atoms with van der Waals surface area (Å²) in [5.41, 5.74) is 0.449. The van der Waals surface area contributed by atoms with Crippen LogP contribution in [0.2, 0.25) is 10.0 Å². The van der Waals surface area contributed by atoms with Crippen LogP contribution in [0.4, 0.5) is 5.69 Å². The van der Waals surface area contributed by atoms with Gasteiger partial charge in [0.1, 0.15) is 5.75 Å². The van der Waals surface area contributed by atoms with Crippen LogP contribution in [0, 0.1) is 0 Å². The van der Waals surface area contributed by atoms with Gasteiger partial charge in [0.2, 0.25) is 5.91 Å². The van der Waals surface area contributed by atoms with E-state index in [-0.39, 0.29) is 23.5 Å². The Balaban J connectivity index is 1.29. The third-order valence-corrected chi connectivity index (χ3v) is 5.44. The molecule has 4 rings (SSSR count). The lowest BCUT2D eigenvalue weighted by molar-refractivity contribution is -0.113. The maximum absolute atomic E-state index is 12.1. The summed E-state index contributed by atoms with van der Waals surface area (Å²) in [6, 6.07) is 18.7. The maximum atomic E-state index is 12.1. The number of rotatable bonds is 7. The van der Waals surface area contributed by atoms with E-state index in [0.717, 1.165) is 22.5 Å². The lowest BCUT2D eigenvalue weighted by Gasteiger charge is -2.06. The van der Waals surface area contributed by atoms with Crippen LogP contribution in [0.5, 0.6) is 5.75 Å². The van der Waals surface area contributed by atoms with E-state index in [1.165, 1.54) is 0 Å². The molecule has 0 aliphatic carbocycles. The van der Waals surface area contributed by atoms with Crippen molar-refractivity contribution in [1.82, 2.24) is 10.2 Å². The molecule has 1 heterocycles. The second kappa shape index (κ2) is 9.38. The second-order valence-electron chi connectivity index (χ2n) is 6.22. The SMILES string of the molecule is O=C(CSc1nnc(COc2ccc3ccccc3c2)o1)Nc1cc(Cl)ccc1Cl. The molecule has 0 fully saturated rings. The number of thioether (sulfide) groups is 1. The van der Waals surface area contributed by atoms with E-state index in [0.29, 0.717) is 27.4 Å². The number of nitrogens with one attached hydrogen (secondary N) is 1. The number of halogens is 2. The summed E-state index contributed by atoms with van der Waals surface area (Å²) in [5, 5.41) is 14.0. The molecular weight excluding hydrogens is 445 g/mol. The molecule has 0 bridgehead atoms. The smallest absolute Gasteiger partial charge is 0.277 e. The number of aromatic nitrogens is 2. The van der Waals surface area contributed by atoms with Gasteiger partial charge in [-0.2, -0.15) is 0 Å². The summed E-state index contributed by atoms with van der Waals surface area (Å²) >= 11 is 13.1. The second-order valence-corrected chi connectivity index (χ2v) is 7.99. The van der Waals surface area contributed by atoms with Crippen LogP contribution >= 0.6 is 35.0 Å². The first kappa shape index (κ1) is 20.5. The summed E-state index contributed by atoms with van der Waals surface area (Å²) < 4.78 is 11.3. The summed E-state index contributed by atoms with van der Waals surface area (Å²) in [5.74, 6) is 0.842. The Hall–Kier alpha value is -2.74. The van der Waals surface area contributed by atoms with Crippen molar-refractivity contribution >= 4 is 57.3 Å². The predicted molar refractivity (Wildman–Crippen MR) is 118 cm³/mol. The van der Waals surface area contributed by atoms with Crippen LogP contribution in [0.1, 0.15) is 5.89 Å². The highest BCUT2D eigenvalue weighted by atomic mass is 35.5. The summed E-state index contributed by atoms with van der Waals surface area (Å²) in [4.78, 5) is 12.1. The molecule has 6 nitrogen and oxygen atoms in total. The number of hydrogen-bond acceptors (Lipinski definition) is 6. The summed E-state index contributed by atoms with van der Waals surface area (Å²) in [7, 11) is 0. The molecule has 0 saturated heterocycles.